The van der Waals surface area contributed by atoms with Crippen LogP contribution in [0.4, 0.5) is 0 Å². The molecule has 0 saturated heterocycles. The Labute approximate surface area is 177 Å². The highest BCUT2D eigenvalue weighted by molar-refractivity contribution is 14.0. The zero-order valence-electron chi connectivity index (χ0n) is 15.5. The lowest BCUT2D eigenvalue weighted by molar-refractivity contribution is 0.129. The molecule has 0 aliphatic heterocycles. The van der Waals surface area contributed by atoms with Gasteiger partial charge < -0.3 is 20.5 Å². The summed E-state index contributed by atoms with van der Waals surface area (Å²) in [5, 5.41) is 18.0. The summed E-state index contributed by atoms with van der Waals surface area (Å²) in [6.07, 6.45) is 2.67. The maximum absolute atomic E-state index is 10.4. The molecule has 0 spiro atoms. The van der Waals surface area contributed by atoms with E-state index in [1.54, 1.807) is 18.4 Å². The highest BCUT2D eigenvalue weighted by Gasteiger charge is 2.12. The molecular formula is C19H30IN3O2S. The lowest BCUT2D eigenvalue weighted by Gasteiger charge is -2.14. The van der Waals surface area contributed by atoms with Crippen molar-refractivity contribution in [2.75, 3.05) is 33.4 Å². The second kappa shape index (κ2) is 13.3. The number of ether oxygens (including phenoxy) is 1. The van der Waals surface area contributed by atoms with Crippen LogP contribution < -0.4 is 10.6 Å². The molecule has 2 aromatic rings. The quantitative estimate of drug-likeness (QED) is 0.204. The number of halogens is 1. The standard InChI is InChI=1S/C19H29N3O2S.HI/c1-3-4-11-24-12-7-10-21-19(20-2)22-14-16(23)18-13-15-8-5-6-9-17(15)25-18;/h5-6,8-9,13,16,23H,3-4,7,10-12,14H2,1-2H3,(H2,20,21,22);1H. The molecule has 2 rings (SSSR count). The average Bonchev–Trinajstić information content (AvgIpc) is 3.07. The first kappa shape index (κ1) is 23.1. The van der Waals surface area contributed by atoms with Gasteiger partial charge in [-0.25, -0.2) is 0 Å². The third-order valence-corrected chi connectivity index (χ3v) is 5.08. The number of nitrogens with zero attached hydrogens (tertiary/aromatic N) is 1. The van der Waals surface area contributed by atoms with Crippen molar-refractivity contribution in [2.45, 2.75) is 32.3 Å². The van der Waals surface area contributed by atoms with Gasteiger partial charge in [-0.15, -0.1) is 35.3 Å². The second-order valence-corrected chi connectivity index (χ2v) is 7.02. The number of thiophene rings is 1. The van der Waals surface area contributed by atoms with Gasteiger partial charge in [0.2, 0.25) is 0 Å². The fraction of sp³-hybridized carbons (Fsp3) is 0.526. The minimum atomic E-state index is -0.548. The predicted molar refractivity (Wildman–Crippen MR) is 122 cm³/mol. The summed E-state index contributed by atoms with van der Waals surface area (Å²) in [7, 11) is 1.74. The van der Waals surface area contributed by atoms with Gasteiger partial charge in [0.1, 0.15) is 6.10 Å². The number of guanidine groups is 1. The molecule has 0 bridgehead atoms. The van der Waals surface area contributed by atoms with Crippen LogP contribution in [-0.2, 0) is 4.74 Å². The van der Waals surface area contributed by atoms with E-state index >= 15 is 0 Å². The van der Waals surface area contributed by atoms with E-state index in [1.165, 1.54) is 10.1 Å². The molecule has 0 radical (unpaired) electrons. The van der Waals surface area contributed by atoms with Crippen molar-refractivity contribution in [1.29, 1.82) is 0 Å². The summed E-state index contributed by atoms with van der Waals surface area (Å²) in [6.45, 7) is 4.98. The van der Waals surface area contributed by atoms with Crippen LogP contribution in [0.3, 0.4) is 0 Å². The van der Waals surface area contributed by atoms with Gasteiger partial charge in [0, 0.05) is 42.9 Å². The highest BCUT2D eigenvalue weighted by atomic mass is 127. The molecule has 0 saturated carbocycles. The Morgan fingerprint density at radius 3 is 2.73 bits per heavy atom. The summed E-state index contributed by atoms with van der Waals surface area (Å²) >= 11 is 1.63. The Kier molecular flexibility index (Phi) is 11.8. The fourth-order valence-corrected chi connectivity index (χ4v) is 3.46. The summed E-state index contributed by atoms with van der Waals surface area (Å²) < 4.78 is 6.73. The van der Waals surface area contributed by atoms with E-state index in [2.05, 4.69) is 40.7 Å². The largest absolute Gasteiger partial charge is 0.386 e. The van der Waals surface area contributed by atoms with Crippen molar-refractivity contribution in [3.63, 3.8) is 0 Å². The molecule has 3 N–H and O–H groups in total. The second-order valence-electron chi connectivity index (χ2n) is 5.90. The third kappa shape index (κ3) is 7.77. The van der Waals surface area contributed by atoms with E-state index in [1.807, 2.05) is 12.1 Å². The molecule has 0 aliphatic rings. The normalized spacial score (nSPS) is 12.7. The number of aliphatic hydroxyl groups excluding tert-OH is 1. The maximum Gasteiger partial charge on any atom is 0.191 e. The van der Waals surface area contributed by atoms with E-state index in [0.29, 0.717) is 12.5 Å². The van der Waals surface area contributed by atoms with Crippen LogP contribution in [0.25, 0.3) is 10.1 Å². The van der Waals surface area contributed by atoms with E-state index in [-0.39, 0.29) is 24.0 Å². The Hall–Kier alpha value is -0.900. The van der Waals surface area contributed by atoms with Crippen LogP contribution in [0.2, 0.25) is 0 Å². The summed E-state index contributed by atoms with van der Waals surface area (Å²) in [4.78, 5) is 5.16. The Morgan fingerprint density at radius 2 is 2.00 bits per heavy atom. The van der Waals surface area contributed by atoms with Gasteiger partial charge in [0.05, 0.1) is 0 Å². The zero-order valence-corrected chi connectivity index (χ0v) is 18.7. The number of rotatable bonds is 10. The SMILES string of the molecule is CCCCOCCCNC(=NC)NCC(O)c1cc2ccccc2s1.I. The minimum absolute atomic E-state index is 0. The van der Waals surface area contributed by atoms with Crippen LogP contribution in [0.5, 0.6) is 0 Å². The predicted octanol–water partition coefficient (Wildman–Crippen LogP) is 3.92. The molecular weight excluding hydrogens is 461 g/mol. The van der Waals surface area contributed by atoms with Crippen LogP contribution >= 0.6 is 35.3 Å². The molecule has 1 aromatic heterocycles. The van der Waals surface area contributed by atoms with E-state index in [0.717, 1.165) is 43.9 Å². The number of nitrogens with one attached hydrogen (secondary N) is 2. The number of fused-ring (bicyclic) bond motifs is 1. The minimum Gasteiger partial charge on any atom is -0.386 e. The number of benzene rings is 1. The molecule has 1 heterocycles. The van der Waals surface area contributed by atoms with Crippen LogP contribution in [0.1, 0.15) is 37.2 Å². The van der Waals surface area contributed by atoms with Gasteiger partial charge in [0.25, 0.3) is 0 Å². The fourth-order valence-electron chi connectivity index (χ4n) is 2.41. The summed E-state index contributed by atoms with van der Waals surface area (Å²) in [6, 6.07) is 10.2. The first-order valence-corrected chi connectivity index (χ1v) is 9.75. The molecule has 5 nitrogen and oxygen atoms in total. The first-order chi connectivity index (χ1) is 12.2. The van der Waals surface area contributed by atoms with E-state index < -0.39 is 6.10 Å². The number of hydrogen-bond acceptors (Lipinski definition) is 4. The molecule has 146 valence electrons. The molecule has 0 aliphatic carbocycles. The lowest BCUT2D eigenvalue weighted by Crippen LogP contribution is -2.39. The van der Waals surface area contributed by atoms with Gasteiger partial charge in [-0.1, -0.05) is 31.5 Å². The van der Waals surface area contributed by atoms with Gasteiger partial charge in [-0.2, -0.15) is 0 Å². The number of aliphatic hydroxyl groups is 1. The number of hydrogen-bond donors (Lipinski definition) is 3. The van der Waals surface area contributed by atoms with E-state index in [9.17, 15) is 5.11 Å². The number of aliphatic imine (C=N–C) groups is 1. The monoisotopic (exact) mass is 491 g/mol. The average molecular weight is 491 g/mol. The Bertz CT molecular complexity index is 630. The smallest absolute Gasteiger partial charge is 0.191 e. The molecule has 1 aromatic carbocycles. The Balaban J connectivity index is 0.00000338. The van der Waals surface area contributed by atoms with Gasteiger partial charge >= 0.3 is 0 Å². The van der Waals surface area contributed by atoms with Crippen molar-refractivity contribution >= 4 is 51.4 Å². The highest BCUT2D eigenvalue weighted by Crippen LogP contribution is 2.29. The first-order valence-electron chi connectivity index (χ1n) is 8.93. The van der Waals surface area contributed by atoms with Gasteiger partial charge in [0.15, 0.2) is 5.96 Å². The van der Waals surface area contributed by atoms with E-state index in [4.69, 9.17) is 4.74 Å². The molecule has 1 unspecified atom stereocenters. The van der Waals surface area contributed by atoms with Gasteiger partial charge in [-0.3, -0.25) is 4.99 Å². The molecule has 26 heavy (non-hydrogen) atoms. The topological polar surface area (TPSA) is 65.9 Å². The van der Waals surface area contributed by atoms with Crippen molar-refractivity contribution in [3.05, 3.63) is 35.2 Å². The third-order valence-electron chi connectivity index (χ3n) is 3.86. The lowest BCUT2D eigenvalue weighted by atomic mass is 10.2. The Morgan fingerprint density at radius 1 is 1.23 bits per heavy atom. The molecule has 7 heteroatoms. The van der Waals surface area contributed by atoms with Crippen molar-refractivity contribution < 1.29 is 9.84 Å². The maximum atomic E-state index is 10.4. The molecule has 0 amide bonds. The van der Waals surface area contributed by atoms with Crippen molar-refractivity contribution in [1.82, 2.24) is 10.6 Å². The van der Waals surface area contributed by atoms with Crippen LogP contribution in [0, 0.1) is 0 Å². The number of unbranched alkanes of at least 4 members (excludes halogenated alkanes) is 1. The van der Waals surface area contributed by atoms with Gasteiger partial charge in [-0.05, 0) is 30.4 Å². The van der Waals surface area contributed by atoms with Crippen molar-refractivity contribution in [2.24, 2.45) is 4.99 Å². The summed E-state index contributed by atoms with van der Waals surface area (Å²) in [5.74, 6) is 0.703. The van der Waals surface area contributed by atoms with Crippen LogP contribution in [0.15, 0.2) is 35.3 Å². The molecule has 1 atom stereocenters. The van der Waals surface area contributed by atoms with Crippen molar-refractivity contribution in [3.8, 4) is 0 Å². The van der Waals surface area contributed by atoms with Crippen LogP contribution in [-0.4, -0.2) is 44.4 Å². The molecule has 0 fully saturated rings. The summed E-state index contributed by atoms with van der Waals surface area (Å²) in [5.41, 5.74) is 0. The zero-order chi connectivity index (χ0) is 17.9.